The maximum atomic E-state index is 11.8. The van der Waals surface area contributed by atoms with E-state index in [-0.39, 0.29) is 4.90 Å². The lowest BCUT2D eigenvalue weighted by atomic mass is 10.1. The molecule has 0 unspecified atom stereocenters. The van der Waals surface area contributed by atoms with Gasteiger partial charge >= 0.3 is 0 Å². The molecule has 4 N–H and O–H groups in total. The number of halogens is 1. The monoisotopic (exact) mass is 466 g/mol. The van der Waals surface area contributed by atoms with Crippen LogP contribution in [0.3, 0.4) is 0 Å². The Kier molecular flexibility index (Phi) is 5.23. The Morgan fingerprint density at radius 3 is 2.82 bits per heavy atom. The van der Waals surface area contributed by atoms with Crippen molar-refractivity contribution >= 4 is 48.5 Å². The molecule has 3 aromatic rings. The number of ether oxygens (including phenoxy) is 1. The highest BCUT2D eigenvalue weighted by atomic mass is 79.9. The third-order valence-corrected chi connectivity index (χ3v) is 6.14. The molecule has 1 aromatic carbocycles. The third kappa shape index (κ3) is 3.83. The van der Waals surface area contributed by atoms with Gasteiger partial charge in [-0.25, -0.2) is 23.5 Å². The lowest BCUT2D eigenvalue weighted by Gasteiger charge is -2.31. The molecular formula is C17H19BrN6O3S. The molecule has 0 radical (unpaired) electrons. The maximum Gasteiger partial charge on any atom is 0.238 e. The Balaban J connectivity index is 1.69. The molecule has 0 bridgehead atoms. The zero-order chi connectivity index (χ0) is 19.7. The summed E-state index contributed by atoms with van der Waals surface area (Å²) in [5, 5.41) is 9.45. The molecule has 1 saturated heterocycles. The summed E-state index contributed by atoms with van der Waals surface area (Å²) in [4.78, 5) is 13.8. The van der Waals surface area contributed by atoms with Crippen LogP contribution in [0.2, 0.25) is 0 Å². The average molecular weight is 467 g/mol. The summed E-state index contributed by atoms with van der Waals surface area (Å²) in [6.07, 6.45) is 3.27. The summed E-state index contributed by atoms with van der Waals surface area (Å²) < 4.78 is 29.9. The fourth-order valence-corrected chi connectivity index (χ4v) is 4.29. The van der Waals surface area contributed by atoms with Crippen molar-refractivity contribution in [2.75, 3.05) is 36.5 Å². The van der Waals surface area contributed by atoms with Crippen LogP contribution in [0.1, 0.15) is 5.56 Å². The summed E-state index contributed by atoms with van der Waals surface area (Å²) >= 11 is 3.49. The van der Waals surface area contributed by atoms with Crippen LogP contribution in [0, 0.1) is 0 Å². The number of nitrogens with two attached hydrogens (primary N) is 1. The number of morpholine rings is 1. The molecule has 4 rings (SSSR count). The van der Waals surface area contributed by atoms with Crippen molar-refractivity contribution in [3.05, 3.63) is 40.8 Å². The Hall–Kier alpha value is -2.21. The number of sulfonamides is 1. The molecule has 1 aliphatic heterocycles. The molecule has 1 aliphatic rings. The summed E-state index contributed by atoms with van der Waals surface area (Å²) in [6.45, 7) is 3.12. The number of benzene rings is 1. The summed E-state index contributed by atoms with van der Waals surface area (Å²) in [6, 6.07) is 4.94. The first-order valence-corrected chi connectivity index (χ1v) is 11.0. The molecule has 1 fully saturated rings. The molecule has 2 aromatic heterocycles. The van der Waals surface area contributed by atoms with Gasteiger partial charge in [0.1, 0.15) is 17.8 Å². The zero-order valence-electron chi connectivity index (χ0n) is 14.9. The van der Waals surface area contributed by atoms with Gasteiger partial charge in [-0.15, -0.1) is 0 Å². The first-order chi connectivity index (χ1) is 13.4. The summed E-state index contributed by atoms with van der Waals surface area (Å²) in [5.41, 5.74) is 2.46. The van der Waals surface area contributed by atoms with Crippen molar-refractivity contribution in [3.8, 4) is 0 Å². The Morgan fingerprint density at radius 2 is 2.07 bits per heavy atom. The predicted octanol–water partition coefficient (Wildman–Crippen LogP) is 1.82. The number of fused-ring (bicyclic) bond motifs is 1. The van der Waals surface area contributed by atoms with Gasteiger partial charge in [0.15, 0.2) is 0 Å². The normalized spacial score (nSPS) is 15.1. The third-order valence-electron chi connectivity index (χ3n) is 4.60. The van der Waals surface area contributed by atoms with E-state index in [0.717, 1.165) is 34.2 Å². The van der Waals surface area contributed by atoms with Gasteiger partial charge in [0.25, 0.3) is 0 Å². The van der Waals surface area contributed by atoms with E-state index in [1.54, 1.807) is 18.3 Å². The Labute approximate surface area is 170 Å². The Bertz CT molecular complexity index is 1110. The number of anilines is 2. The molecule has 0 saturated carbocycles. The van der Waals surface area contributed by atoms with Gasteiger partial charge in [-0.1, -0.05) is 0 Å². The van der Waals surface area contributed by atoms with Crippen LogP contribution >= 0.6 is 15.9 Å². The van der Waals surface area contributed by atoms with Gasteiger partial charge in [0.2, 0.25) is 10.0 Å². The van der Waals surface area contributed by atoms with Gasteiger partial charge in [0, 0.05) is 36.0 Å². The van der Waals surface area contributed by atoms with Crippen LogP contribution in [-0.2, 0) is 21.3 Å². The number of nitrogens with one attached hydrogen (secondary N) is 2. The second kappa shape index (κ2) is 7.66. The number of aromatic nitrogens is 3. The van der Waals surface area contributed by atoms with E-state index in [0.29, 0.717) is 31.2 Å². The summed E-state index contributed by atoms with van der Waals surface area (Å²) in [7, 11) is -3.80. The van der Waals surface area contributed by atoms with Gasteiger partial charge in [-0.05, 0) is 39.7 Å². The average Bonchev–Trinajstić information content (AvgIpc) is 3.08. The van der Waals surface area contributed by atoms with Gasteiger partial charge in [-0.3, -0.25) is 0 Å². The van der Waals surface area contributed by atoms with E-state index < -0.39 is 10.0 Å². The van der Waals surface area contributed by atoms with Gasteiger partial charge in [-0.2, -0.15) is 0 Å². The number of H-pyrrole nitrogens is 1. The topological polar surface area (TPSA) is 126 Å². The molecule has 3 heterocycles. The number of rotatable bonds is 5. The van der Waals surface area contributed by atoms with E-state index in [9.17, 15) is 8.42 Å². The number of primary sulfonamides is 1. The van der Waals surface area contributed by atoms with Crippen LogP contribution < -0.4 is 15.4 Å². The van der Waals surface area contributed by atoms with Crippen molar-refractivity contribution in [3.63, 3.8) is 0 Å². The SMILES string of the molecule is NS(=O)(=O)c1ccc(N2CCOCC2)c(CNc2ncnc3[nH]cc(Br)c23)c1. The highest BCUT2D eigenvalue weighted by Crippen LogP contribution is 2.29. The zero-order valence-corrected chi connectivity index (χ0v) is 17.3. The molecular weight excluding hydrogens is 448 g/mol. The molecule has 148 valence electrons. The highest BCUT2D eigenvalue weighted by Gasteiger charge is 2.18. The van der Waals surface area contributed by atoms with E-state index in [1.165, 1.54) is 12.4 Å². The van der Waals surface area contributed by atoms with Crippen LogP contribution in [0.15, 0.2) is 40.1 Å². The number of hydrogen-bond donors (Lipinski definition) is 3. The molecule has 0 spiro atoms. The van der Waals surface area contributed by atoms with Crippen molar-refractivity contribution < 1.29 is 13.2 Å². The quantitative estimate of drug-likeness (QED) is 0.523. The second-order valence-electron chi connectivity index (χ2n) is 6.37. The molecule has 11 heteroatoms. The van der Waals surface area contributed by atoms with Crippen molar-refractivity contribution in [1.82, 2.24) is 15.0 Å². The van der Waals surface area contributed by atoms with E-state index >= 15 is 0 Å². The minimum absolute atomic E-state index is 0.0805. The minimum atomic E-state index is -3.80. The van der Waals surface area contributed by atoms with E-state index in [1.807, 2.05) is 0 Å². The minimum Gasteiger partial charge on any atom is -0.378 e. The van der Waals surface area contributed by atoms with Gasteiger partial charge in [0.05, 0.1) is 23.5 Å². The standard InChI is InChI=1S/C17H19BrN6O3S/c18-13-9-21-17-15(13)16(22-10-23-17)20-8-11-7-12(28(19,25)26)1-2-14(11)24-3-5-27-6-4-24/h1-2,7,9-10H,3-6,8H2,(H2,19,25,26)(H2,20,21,22,23). The first-order valence-electron chi connectivity index (χ1n) is 8.63. The smallest absolute Gasteiger partial charge is 0.238 e. The second-order valence-corrected chi connectivity index (χ2v) is 8.79. The molecule has 0 amide bonds. The van der Waals surface area contributed by atoms with Gasteiger partial charge < -0.3 is 19.9 Å². The first kappa shape index (κ1) is 19.1. The fraction of sp³-hybridized carbons (Fsp3) is 0.294. The van der Waals surface area contributed by atoms with Crippen molar-refractivity contribution in [2.24, 2.45) is 5.14 Å². The van der Waals surface area contributed by atoms with Crippen molar-refractivity contribution in [1.29, 1.82) is 0 Å². The maximum absolute atomic E-state index is 11.8. The van der Waals surface area contributed by atoms with Crippen LogP contribution in [-0.4, -0.2) is 49.7 Å². The molecule has 9 nitrogen and oxygen atoms in total. The lowest BCUT2D eigenvalue weighted by Crippen LogP contribution is -2.37. The molecule has 0 aliphatic carbocycles. The van der Waals surface area contributed by atoms with Crippen LogP contribution in [0.4, 0.5) is 11.5 Å². The van der Waals surface area contributed by atoms with E-state index in [4.69, 9.17) is 9.88 Å². The highest BCUT2D eigenvalue weighted by molar-refractivity contribution is 9.10. The predicted molar refractivity (Wildman–Crippen MR) is 110 cm³/mol. The number of aromatic amines is 1. The van der Waals surface area contributed by atoms with Crippen molar-refractivity contribution in [2.45, 2.75) is 11.4 Å². The Morgan fingerprint density at radius 1 is 1.29 bits per heavy atom. The largest absolute Gasteiger partial charge is 0.378 e. The molecule has 28 heavy (non-hydrogen) atoms. The molecule has 0 atom stereocenters. The number of nitrogens with zero attached hydrogens (tertiary/aromatic N) is 3. The van der Waals surface area contributed by atoms with E-state index in [2.05, 4.69) is 41.1 Å². The van der Waals surface area contributed by atoms with Crippen LogP contribution in [0.25, 0.3) is 11.0 Å². The lowest BCUT2D eigenvalue weighted by molar-refractivity contribution is 0.122. The summed E-state index contributed by atoms with van der Waals surface area (Å²) in [5.74, 6) is 0.645. The van der Waals surface area contributed by atoms with Crippen LogP contribution in [0.5, 0.6) is 0 Å². The number of hydrogen-bond acceptors (Lipinski definition) is 7. The fourth-order valence-electron chi connectivity index (χ4n) is 3.23.